The third-order valence-corrected chi connectivity index (χ3v) is 5.29. The minimum atomic E-state index is -4.51. The lowest BCUT2D eigenvalue weighted by molar-refractivity contribution is -0.138. The first-order chi connectivity index (χ1) is 13.0. The van der Waals surface area contributed by atoms with Crippen LogP contribution in [0.1, 0.15) is 43.4 Å². The average molecular weight is 398 g/mol. The molecular formula is C20H25F3N2O3. The van der Waals surface area contributed by atoms with Gasteiger partial charge in [0.1, 0.15) is 11.4 Å². The van der Waals surface area contributed by atoms with Crippen LogP contribution in [0.4, 0.5) is 13.2 Å². The summed E-state index contributed by atoms with van der Waals surface area (Å²) in [6.45, 7) is 5.61. The van der Waals surface area contributed by atoms with Crippen molar-refractivity contribution < 1.29 is 27.8 Å². The molecule has 0 atom stereocenters. The van der Waals surface area contributed by atoms with Gasteiger partial charge in [0, 0.05) is 32.1 Å². The number of aliphatic hydroxyl groups excluding tert-OH is 1. The quantitative estimate of drug-likeness (QED) is 0.845. The van der Waals surface area contributed by atoms with Gasteiger partial charge in [-0.15, -0.1) is 0 Å². The second-order valence-corrected chi connectivity index (χ2v) is 7.71. The van der Waals surface area contributed by atoms with Gasteiger partial charge in [-0.2, -0.15) is 13.2 Å². The molecule has 2 aliphatic heterocycles. The van der Waals surface area contributed by atoms with Crippen molar-refractivity contribution in [2.24, 2.45) is 0 Å². The predicted molar refractivity (Wildman–Crippen MR) is 98.5 cm³/mol. The summed E-state index contributed by atoms with van der Waals surface area (Å²) >= 11 is 0. The molecule has 5 nitrogen and oxygen atoms in total. The number of benzene rings is 1. The number of fused-ring (bicyclic) bond motifs is 1. The summed E-state index contributed by atoms with van der Waals surface area (Å²) in [7, 11) is 1.74. The summed E-state index contributed by atoms with van der Waals surface area (Å²) in [5.41, 5.74) is -0.265. The van der Waals surface area contributed by atoms with E-state index in [-0.39, 0.29) is 24.6 Å². The molecular weight excluding hydrogens is 373 g/mol. The Morgan fingerprint density at radius 3 is 2.54 bits per heavy atom. The van der Waals surface area contributed by atoms with E-state index in [0.29, 0.717) is 42.1 Å². The topological polar surface area (TPSA) is 53.0 Å². The molecule has 0 aromatic heterocycles. The molecule has 1 saturated heterocycles. The second kappa shape index (κ2) is 6.99. The number of aliphatic hydroxyl groups is 1. The number of hydrogen-bond acceptors (Lipinski definition) is 4. The first-order valence-corrected chi connectivity index (χ1v) is 9.26. The first kappa shape index (κ1) is 20.5. The van der Waals surface area contributed by atoms with Crippen LogP contribution in [0.3, 0.4) is 0 Å². The van der Waals surface area contributed by atoms with Crippen molar-refractivity contribution in [1.29, 1.82) is 0 Å². The maximum Gasteiger partial charge on any atom is 0.416 e. The normalized spacial score (nSPS) is 19.0. The van der Waals surface area contributed by atoms with Crippen molar-refractivity contribution in [2.75, 3.05) is 26.7 Å². The van der Waals surface area contributed by atoms with Crippen LogP contribution in [0, 0.1) is 6.92 Å². The van der Waals surface area contributed by atoms with Gasteiger partial charge < -0.3 is 19.6 Å². The van der Waals surface area contributed by atoms with Gasteiger partial charge in [0.2, 0.25) is 5.91 Å². The highest BCUT2D eigenvalue weighted by atomic mass is 19.4. The molecule has 8 heteroatoms. The number of amides is 1. The number of likely N-dealkylation sites (N-methyl/N-ethyl adjacent to an activating group) is 1. The SMILES string of the molecule is Cc1c(C(F)(F)F)ccc2c1C(N1CCCC1=O)=C(N(C)CCO)C(C)(C)O2. The monoisotopic (exact) mass is 398 g/mol. The third-order valence-electron chi connectivity index (χ3n) is 5.29. The molecule has 0 aliphatic carbocycles. The van der Waals surface area contributed by atoms with Gasteiger partial charge in [-0.25, -0.2) is 0 Å². The van der Waals surface area contributed by atoms with E-state index in [9.17, 15) is 23.1 Å². The summed E-state index contributed by atoms with van der Waals surface area (Å²) in [6, 6.07) is 2.35. The summed E-state index contributed by atoms with van der Waals surface area (Å²) in [4.78, 5) is 15.9. The molecule has 1 N–H and O–H groups in total. The van der Waals surface area contributed by atoms with Crippen LogP contribution < -0.4 is 4.74 Å². The Bertz CT molecular complexity index is 831. The maximum absolute atomic E-state index is 13.5. The fraction of sp³-hybridized carbons (Fsp3) is 0.550. The number of alkyl halides is 3. The summed E-state index contributed by atoms with van der Waals surface area (Å²) < 4.78 is 46.7. The summed E-state index contributed by atoms with van der Waals surface area (Å²) in [6.07, 6.45) is -3.51. The molecule has 2 heterocycles. The van der Waals surface area contributed by atoms with Gasteiger partial charge >= 0.3 is 6.18 Å². The third kappa shape index (κ3) is 3.34. The van der Waals surface area contributed by atoms with E-state index in [0.717, 1.165) is 6.07 Å². The van der Waals surface area contributed by atoms with E-state index < -0.39 is 17.3 Å². The van der Waals surface area contributed by atoms with Crippen molar-refractivity contribution in [1.82, 2.24) is 9.80 Å². The van der Waals surface area contributed by atoms with E-state index in [2.05, 4.69) is 0 Å². The molecule has 1 aromatic rings. The number of rotatable bonds is 4. The molecule has 1 amide bonds. The van der Waals surface area contributed by atoms with Crippen LogP contribution in [0.2, 0.25) is 0 Å². The molecule has 0 spiro atoms. The summed E-state index contributed by atoms with van der Waals surface area (Å²) in [5, 5.41) is 9.41. The van der Waals surface area contributed by atoms with Gasteiger partial charge in [-0.05, 0) is 44.9 Å². The van der Waals surface area contributed by atoms with Crippen molar-refractivity contribution >= 4 is 11.6 Å². The van der Waals surface area contributed by atoms with E-state index in [1.165, 1.54) is 13.0 Å². The van der Waals surface area contributed by atoms with E-state index >= 15 is 0 Å². The van der Waals surface area contributed by atoms with Gasteiger partial charge in [-0.1, -0.05) is 0 Å². The lowest BCUT2D eigenvalue weighted by atomic mass is 9.89. The standard InChI is InChI=1S/C20H25F3N2O3/c1-12-13(20(21,22)23)7-8-14-16(12)17(25-9-5-6-15(25)27)18(19(2,3)28-14)24(4)10-11-26/h7-8,26H,5-6,9-11H2,1-4H3. The Morgan fingerprint density at radius 1 is 1.32 bits per heavy atom. The lowest BCUT2D eigenvalue weighted by Crippen LogP contribution is -2.46. The minimum absolute atomic E-state index is 0.0325. The number of hydrogen-bond donors (Lipinski definition) is 1. The maximum atomic E-state index is 13.5. The van der Waals surface area contributed by atoms with Crippen LogP contribution in [-0.2, 0) is 11.0 Å². The van der Waals surface area contributed by atoms with Crippen molar-refractivity contribution in [2.45, 2.75) is 45.4 Å². The van der Waals surface area contributed by atoms with Gasteiger partial charge in [0.15, 0.2) is 0 Å². The van der Waals surface area contributed by atoms with Crippen LogP contribution in [0.15, 0.2) is 17.8 Å². The Morgan fingerprint density at radius 2 is 2.00 bits per heavy atom. The number of carbonyl (C=O) groups excluding carboxylic acids is 1. The first-order valence-electron chi connectivity index (χ1n) is 9.26. The Hall–Kier alpha value is -2.22. The number of nitrogens with zero attached hydrogens (tertiary/aromatic N) is 2. The molecule has 2 aliphatic rings. The number of halogens is 3. The van der Waals surface area contributed by atoms with E-state index in [1.54, 1.807) is 16.8 Å². The minimum Gasteiger partial charge on any atom is -0.481 e. The number of ether oxygens (including phenoxy) is 1. The Balaban J connectivity index is 2.35. The van der Waals surface area contributed by atoms with Crippen molar-refractivity contribution in [3.8, 4) is 5.75 Å². The fourth-order valence-electron chi connectivity index (χ4n) is 4.15. The average Bonchev–Trinajstić information content (AvgIpc) is 2.97. The second-order valence-electron chi connectivity index (χ2n) is 7.71. The molecule has 0 unspecified atom stereocenters. The highest BCUT2D eigenvalue weighted by molar-refractivity contribution is 5.92. The highest BCUT2D eigenvalue weighted by Gasteiger charge is 2.44. The van der Waals surface area contributed by atoms with Gasteiger partial charge in [0.05, 0.1) is 23.6 Å². The zero-order valence-corrected chi connectivity index (χ0v) is 16.5. The van der Waals surface area contributed by atoms with Crippen LogP contribution >= 0.6 is 0 Å². The lowest BCUT2D eigenvalue weighted by Gasteiger charge is -2.43. The van der Waals surface area contributed by atoms with E-state index in [1.807, 2.05) is 13.8 Å². The molecule has 0 radical (unpaired) electrons. The molecule has 0 saturated carbocycles. The van der Waals surface area contributed by atoms with Crippen LogP contribution in [0.25, 0.3) is 5.70 Å². The smallest absolute Gasteiger partial charge is 0.416 e. The van der Waals surface area contributed by atoms with Gasteiger partial charge in [0.25, 0.3) is 0 Å². The summed E-state index contributed by atoms with van der Waals surface area (Å²) in [5.74, 6) is 0.205. The zero-order chi connectivity index (χ0) is 20.9. The fourth-order valence-corrected chi connectivity index (χ4v) is 4.15. The molecule has 3 rings (SSSR count). The molecule has 28 heavy (non-hydrogen) atoms. The largest absolute Gasteiger partial charge is 0.481 e. The molecule has 154 valence electrons. The van der Waals surface area contributed by atoms with Crippen LogP contribution in [-0.4, -0.2) is 53.2 Å². The molecule has 1 fully saturated rings. The number of likely N-dealkylation sites (tertiary alicyclic amines) is 1. The predicted octanol–water partition coefficient (Wildman–Crippen LogP) is 3.40. The number of carbonyl (C=O) groups is 1. The molecule has 0 bridgehead atoms. The highest BCUT2D eigenvalue weighted by Crippen LogP contribution is 2.48. The Kier molecular flexibility index (Phi) is 5.12. The van der Waals surface area contributed by atoms with Crippen molar-refractivity contribution in [3.05, 3.63) is 34.5 Å². The Labute approximate surface area is 162 Å². The van der Waals surface area contributed by atoms with Gasteiger partial charge in [-0.3, -0.25) is 4.79 Å². The van der Waals surface area contributed by atoms with Crippen molar-refractivity contribution in [3.63, 3.8) is 0 Å². The van der Waals surface area contributed by atoms with E-state index in [4.69, 9.17) is 4.74 Å². The zero-order valence-electron chi connectivity index (χ0n) is 16.5. The molecule has 1 aromatic carbocycles. The van der Waals surface area contributed by atoms with Crippen LogP contribution in [0.5, 0.6) is 5.75 Å².